The average molecular weight is 619 g/mol. The summed E-state index contributed by atoms with van der Waals surface area (Å²) in [6.45, 7) is 10.5. The minimum atomic E-state index is -3.66. The monoisotopic (exact) mass is 618 g/mol. The van der Waals surface area contributed by atoms with Gasteiger partial charge < -0.3 is 20.3 Å². The number of aryl methyl sites for hydroxylation is 1. The van der Waals surface area contributed by atoms with Crippen LogP contribution >= 0.6 is 11.6 Å². The number of aromatic nitrogens is 4. The summed E-state index contributed by atoms with van der Waals surface area (Å²) in [7, 11) is -3.66. The Kier molecular flexibility index (Phi) is 9.82. The van der Waals surface area contributed by atoms with Crippen LogP contribution in [0.1, 0.15) is 65.0 Å². The normalized spacial score (nSPS) is 14.5. The fourth-order valence-electron chi connectivity index (χ4n) is 4.18. The molecule has 42 heavy (non-hydrogen) atoms. The molecule has 3 aromatic rings. The molecule has 228 valence electrons. The Balaban J connectivity index is 1.39. The Labute approximate surface area is 252 Å². The van der Waals surface area contributed by atoms with Gasteiger partial charge in [-0.3, -0.25) is 9.40 Å². The van der Waals surface area contributed by atoms with Gasteiger partial charge in [0.1, 0.15) is 5.82 Å². The van der Waals surface area contributed by atoms with Gasteiger partial charge in [-0.15, -0.1) is 0 Å². The quantitative estimate of drug-likeness (QED) is 0.225. The molecule has 3 N–H and O–H groups in total. The summed E-state index contributed by atoms with van der Waals surface area (Å²) in [5.41, 5.74) is 1.66. The highest BCUT2D eigenvalue weighted by molar-refractivity contribution is 7.94. The number of nitrogens with zero attached hydrogens (tertiary/aromatic N) is 5. The van der Waals surface area contributed by atoms with Crippen LogP contribution < -0.4 is 15.4 Å². The maximum atomic E-state index is 12.7. The standard InChI is InChI=1S/C28H39ClN8O4S/c1-6-7-16-41-27(38)36-13-10-21(11-14-36)37-15-12-24(34-37)32-26-30-18-19(2)25(33-26)31-20-8-9-22(29)23(17-20)35-42(39,40)28(3,4)5/h8-9,12,15,17-18,21,35H,6-7,10-11,13-14,16H2,1-5H3,(H2,30,31,32,33,34). The van der Waals surface area contributed by atoms with Crippen molar-refractivity contribution in [3.05, 3.63) is 47.2 Å². The number of nitrogens with one attached hydrogen (secondary N) is 3. The van der Waals surface area contributed by atoms with Crippen molar-refractivity contribution in [3.63, 3.8) is 0 Å². The van der Waals surface area contributed by atoms with Crippen molar-refractivity contribution in [1.29, 1.82) is 0 Å². The number of rotatable bonds is 10. The maximum Gasteiger partial charge on any atom is 0.409 e. The van der Waals surface area contributed by atoms with Crippen molar-refractivity contribution in [2.24, 2.45) is 0 Å². The number of amides is 1. The van der Waals surface area contributed by atoms with Crippen molar-refractivity contribution in [2.45, 2.75) is 71.1 Å². The zero-order valence-electron chi connectivity index (χ0n) is 24.6. The van der Waals surface area contributed by atoms with Gasteiger partial charge in [-0.25, -0.2) is 18.2 Å². The van der Waals surface area contributed by atoms with Crippen LogP contribution in [-0.2, 0) is 14.8 Å². The lowest BCUT2D eigenvalue weighted by Gasteiger charge is -2.31. The third-order valence-corrected chi connectivity index (χ3v) is 9.35. The first-order valence-corrected chi connectivity index (χ1v) is 15.9. The first kappa shape index (κ1) is 31.4. The summed E-state index contributed by atoms with van der Waals surface area (Å²) >= 11 is 6.28. The van der Waals surface area contributed by atoms with E-state index >= 15 is 0 Å². The van der Waals surface area contributed by atoms with E-state index in [1.807, 2.05) is 23.9 Å². The number of anilines is 5. The number of likely N-dealkylation sites (tertiary alicyclic amines) is 1. The van der Waals surface area contributed by atoms with E-state index in [2.05, 4.69) is 37.3 Å². The van der Waals surface area contributed by atoms with E-state index in [0.717, 1.165) is 31.2 Å². The Morgan fingerprint density at radius 2 is 1.90 bits per heavy atom. The lowest BCUT2D eigenvalue weighted by atomic mass is 10.1. The molecule has 4 rings (SSSR count). The Morgan fingerprint density at radius 3 is 2.60 bits per heavy atom. The van der Waals surface area contributed by atoms with Crippen LogP contribution in [-0.4, -0.2) is 63.6 Å². The lowest BCUT2D eigenvalue weighted by Crippen LogP contribution is -2.39. The number of halogens is 1. The fourth-order valence-corrected chi connectivity index (χ4v) is 5.16. The number of ether oxygens (including phenoxy) is 1. The Bertz CT molecular complexity index is 1500. The van der Waals surface area contributed by atoms with Crippen LogP contribution in [0.15, 0.2) is 36.7 Å². The molecule has 0 unspecified atom stereocenters. The van der Waals surface area contributed by atoms with Crippen LogP contribution in [0.25, 0.3) is 0 Å². The van der Waals surface area contributed by atoms with Crippen LogP contribution in [0.5, 0.6) is 0 Å². The zero-order chi connectivity index (χ0) is 30.5. The first-order chi connectivity index (χ1) is 19.9. The summed E-state index contributed by atoms with van der Waals surface area (Å²) in [4.78, 5) is 23.0. The molecule has 1 aliphatic heterocycles. The van der Waals surface area contributed by atoms with E-state index in [4.69, 9.17) is 16.3 Å². The van der Waals surface area contributed by atoms with Gasteiger partial charge in [0, 0.05) is 42.8 Å². The molecule has 0 atom stereocenters. The molecule has 1 aromatic carbocycles. The number of piperidine rings is 1. The van der Waals surface area contributed by atoms with Gasteiger partial charge >= 0.3 is 6.09 Å². The fraction of sp³-hybridized carbons (Fsp3) is 0.500. The summed E-state index contributed by atoms with van der Waals surface area (Å²) < 4.78 is 34.1. The number of sulfonamides is 1. The third kappa shape index (κ3) is 7.82. The van der Waals surface area contributed by atoms with E-state index in [1.54, 1.807) is 50.1 Å². The largest absolute Gasteiger partial charge is 0.449 e. The molecule has 1 fully saturated rings. The molecule has 2 aromatic heterocycles. The predicted molar refractivity (Wildman–Crippen MR) is 165 cm³/mol. The highest BCUT2D eigenvalue weighted by Crippen LogP contribution is 2.31. The third-order valence-electron chi connectivity index (χ3n) is 6.92. The van der Waals surface area contributed by atoms with Gasteiger partial charge in [0.2, 0.25) is 16.0 Å². The lowest BCUT2D eigenvalue weighted by molar-refractivity contribution is 0.0865. The molecule has 1 saturated heterocycles. The van der Waals surface area contributed by atoms with Crippen LogP contribution in [0, 0.1) is 6.92 Å². The summed E-state index contributed by atoms with van der Waals surface area (Å²) in [6, 6.07) is 7.01. The van der Waals surface area contributed by atoms with E-state index in [-0.39, 0.29) is 22.8 Å². The molecule has 1 aliphatic rings. The van der Waals surface area contributed by atoms with Gasteiger partial charge in [0.25, 0.3) is 0 Å². The second kappa shape index (κ2) is 13.2. The molecule has 0 bridgehead atoms. The minimum absolute atomic E-state index is 0.172. The number of benzene rings is 1. The Hall–Kier alpha value is -3.58. The van der Waals surface area contributed by atoms with E-state index in [1.165, 1.54) is 0 Å². The number of carbonyl (C=O) groups excluding carboxylic acids is 1. The molecular formula is C28H39ClN8O4S. The topological polar surface area (TPSA) is 143 Å². The molecular weight excluding hydrogens is 580 g/mol. The van der Waals surface area contributed by atoms with E-state index in [9.17, 15) is 13.2 Å². The van der Waals surface area contributed by atoms with Crippen molar-refractivity contribution >= 4 is 56.7 Å². The zero-order valence-corrected chi connectivity index (χ0v) is 26.2. The van der Waals surface area contributed by atoms with E-state index in [0.29, 0.717) is 43.0 Å². The van der Waals surface area contributed by atoms with Gasteiger partial charge in [-0.05, 0) is 65.2 Å². The number of hydrogen-bond acceptors (Lipinski definition) is 9. The molecule has 14 heteroatoms. The smallest absolute Gasteiger partial charge is 0.409 e. The van der Waals surface area contributed by atoms with Gasteiger partial charge in [0.15, 0.2) is 5.82 Å². The molecule has 0 spiro atoms. The summed E-state index contributed by atoms with van der Waals surface area (Å²) in [6.07, 6.45) is 6.78. The van der Waals surface area contributed by atoms with Gasteiger partial charge in [-0.2, -0.15) is 10.1 Å². The average Bonchev–Trinajstić information content (AvgIpc) is 3.40. The van der Waals surface area contributed by atoms with Crippen molar-refractivity contribution in [1.82, 2.24) is 24.6 Å². The van der Waals surface area contributed by atoms with Gasteiger partial charge in [0.05, 0.1) is 28.1 Å². The second-order valence-electron chi connectivity index (χ2n) is 11.3. The molecule has 12 nitrogen and oxygen atoms in total. The number of hydrogen-bond donors (Lipinski definition) is 3. The molecule has 1 amide bonds. The number of carbonyl (C=O) groups is 1. The highest BCUT2D eigenvalue weighted by Gasteiger charge is 2.29. The Morgan fingerprint density at radius 1 is 1.17 bits per heavy atom. The van der Waals surface area contributed by atoms with Crippen LogP contribution in [0.2, 0.25) is 5.02 Å². The van der Waals surface area contributed by atoms with E-state index < -0.39 is 14.8 Å². The predicted octanol–water partition coefficient (Wildman–Crippen LogP) is 6.24. The van der Waals surface area contributed by atoms with Gasteiger partial charge in [-0.1, -0.05) is 24.9 Å². The summed E-state index contributed by atoms with van der Waals surface area (Å²) in [5, 5.41) is 11.3. The molecule has 0 radical (unpaired) electrons. The van der Waals surface area contributed by atoms with Crippen molar-refractivity contribution in [2.75, 3.05) is 35.1 Å². The second-order valence-corrected chi connectivity index (χ2v) is 14.1. The molecule has 3 heterocycles. The highest BCUT2D eigenvalue weighted by atomic mass is 35.5. The first-order valence-electron chi connectivity index (χ1n) is 14.0. The molecule has 0 saturated carbocycles. The minimum Gasteiger partial charge on any atom is -0.449 e. The maximum absolute atomic E-state index is 12.7. The summed E-state index contributed by atoms with van der Waals surface area (Å²) in [5.74, 6) is 1.48. The van der Waals surface area contributed by atoms with Crippen LogP contribution in [0.4, 0.5) is 33.8 Å². The van der Waals surface area contributed by atoms with Crippen LogP contribution in [0.3, 0.4) is 0 Å². The number of unbranched alkanes of at least 4 members (excludes halogenated alkanes) is 1. The molecule has 0 aliphatic carbocycles. The van der Waals surface area contributed by atoms with Crippen molar-refractivity contribution < 1.29 is 17.9 Å². The van der Waals surface area contributed by atoms with Crippen molar-refractivity contribution in [3.8, 4) is 0 Å². The SMILES string of the molecule is CCCCOC(=O)N1CCC(n2ccc(Nc3ncc(C)c(Nc4ccc(Cl)c(NS(=O)(=O)C(C)(C)C)c4)n3)n2)CC1.